The lowest BCUT2D eigenvalue weighted by atomic mass is 10.3. The summed E-state index contributed by atoms with van der Waals surface area (Å²) in [6.45, 7) is -0.357. The molecule has 10 heteroatoms. The molecule has 0 bridgehead atoms. The molecule has 1 rings (SSSR count). The van der Waals surface area contributed by atoms with Crippen LogP contribution in [0.5, 0.6) is 0 Å². The zero-order valence-electron chi connectivity index (χ0n) is 9.77. The molecule has 114 valence electrons. The second-order valence-corrected chi connectivity index (χ2v) is 7.25. The van der Waals surface area contributed by atoms with Crippen LogP contribution in [0.15, 0.2) is 21.5 Å². The van der Waals surface area contributed by atoms with Gasteiger partial charge in [0.15, 0.2) is 0 Å². The van der Waals surface area contributed by atoms with Crippen molar-refractivity contribution >= 4 is 49.2 Å². The van der Waals surface area contributed by atoms with Crippen LogP contribution in [-0.4, -0.2) is 21.1 Å². The molecule has 0 radical (unpaired) electrons. The summed E-state index contributed by atoms with van der Waals surface area (Å²) in [7, 11) is -4.06. The standard InChI is InChI=1S/C10H9BrCl2F3NO2S/c11-6-4-7(12)9(8(13)5-6)20(18,19)17-3-1-2-10(14,15)16/h4-5,17H,1-3H2. The molecule has 20 heavy (non-hydrogen) atoms. The third kappa shape index (κ3) is 5.40. The van der Waals surface area contributed by atoms with E-state index >= 15 is 0 Å². The molecular weight excluding hydrogens is 406 g/mol. The van der Waals surface area contributed by atoms with Crippen molar-refractivity contribution in [3.63, 3.8) is 0 Å². The fourth-order valence-corrected chi connectivity index (χ4v) is 4.36. The maximum atomic E-state index is 11.9. The average molecular weight is 415 g/mol. The van der Waals surface area contributed by atoms with E-state index in [1.165, 1.54) is 12.1 Å². The van der Waals surface area contributed by atoms with Crippen molar-refractivity contribution in [3.05, 3.63) is 26.7 Å². The lowest BCUT2D eigenvalue weighted by molar-refractivity contribution is -0.135. The number of benzene rings is 1. The highest BCUT2D eigenvalue weighted by Crippen LogP contribution is 2.32. The van der Waals surface area contributed by atoms with Crippen molar-refractivity contribution in [3.8, 4) is 0 Å². The van der Waals surface area contributed by atoms with Crippen LogP contribution in [0.25, 0.3) is 0 Å². The third-order valence-corrected chi connectivity index (χ3v) is 5.00. The first-order chi connectivity index (χ1) is 9.03. The van der Waals surface area contributed by atoms with Gasteiger partial charge in [0.2, 0.25) is 10.0 Å². The Labute approximate surface area is 132 Å². The molecule has 0 atom stereocenters. The first-order valence-electron chi connectivity index (χ1n) is 5.24. The van der Waals surface area contributed by atoms with Crippen LogP contribution >= 0.6 is 39.1 Å². The highest BCUT2D eigenvalue weighted by molar-refractivity contribution is 9.10. The second kappa shape index (κ2) is 6.83. The summed E-state index contributed by atoms with van der Waals surface area (Å²) in [5.41, 5.74) is 0. The van der Waals surface area contributed by atoms with Crippen molar-refractivity contribution in [1.82, 2.24) is 4.72 Å². The van der Waals surface area contributed by atoms with E-state index in [2.05, 4.69) is 15.9 Å². The Balaban J connectivity index is 2.80. The van der Waals surface area contributed by atoms with Gasteiger partial charge in [0.05, 0.1) is 10.0 Å². The van der Waals surface area contributed by atoms with E-state index in [4.69, 9.17) is 23.2 Å². The highest BCUT2D eigenvalue weighted by atomic mass is 79.9. The van der Waals surface area contributed by atoms with Gasteiger partial charge in [-0.15, -0.1) is 0 Å². The third-order valence-electron chi connectivity index (χ3n) is 2.16. The number of halogens is 6. The molecule has 0 spiro atoms. The molecule has 0 saturated carbocycles. The molecule has 3 nitrogen and oxygen atoms in total. The topological polar surface area (TPSA) is 46.2 Å². The maximum Gasteiger partial charge on any atom is 0.389 e. The molecule has 0 aromatic heterocycles. The molecule has 0 heterocycles. The van der Waals surface area contributed by atoms with Gasteiger partial charge in [-0.25, -0.2) is 13.1 Å². The van der Waals surface area contributed by atoms with E-state index in [-0.39, 0.29) is 27.9 Å². The van der Waals surface area contributed by atoms with Gasteiger partial charge in [-0.05, 0) is 18.6 Å². The SMILES string of the molecule is O=S(=O)(NCCCC(F)(F)F)c1c(Cl)cc(Br)cc1Cl. The van der Waals surface area contributed by atoms with Crippen molar-refractivity contribution < 1.29 is 21.6 Å². The van der Waals surface area contributed by atoms with Gasteiger partial charge in [0.25, 0.3) is 0 Å². The zero-order chi connectivity index (χ0) is 15.6. The Morgan fingerprint density at radius 2 is 1.70 bits per heavy atom. The molecule has 0 aliphatic heterocycles. The first kappa shape index (κ1) is 18.0. The minimum atomic E-state index is -4.32. The van der Waals surface area contributed by atoms with E-state index in [0.717, 1.165) is 0 Å². The number of hydrogen-bond acceptors (Lipinski definition) is 2. The van der Waals surface area contributed by atoms with Crippen LogP contribution in [-0.2, 0) is 10.0 Å². The second-order valence-electron chi connectivity index (χ2n) is 3.82. The van der Waals surface area contributed by atoms with Gasteiger partial charge in [-0.2, -0.15) is 13.2 Å². The number of sulfonamides is 1. The molecule has 0 aliphatic carbocycles. The molecule has 0 fully saturated rings. The van der Waals surface area contributed by atoms with Gasteiger partial charge in [-0.3, -0.25) is 0 Å². The predicted molar refractivity (Wildman–Crippen MR) is 74.6 cm³/mol. The molecule has 1 aromatic carbocycles. The van der Waals surface area contributed by atoms with E-state index < -0.39 is 22.6 Å². The van der Waals surface area contributed by atoms with E-state index in [0.29, 0.717) is 4.47 Å². The first-order valence-corrected chi connectivity index (χ1v) is 8.27. The summed E-state index contributed by atoms with van der Waals surface area (Å²) in [4.78, 5) is -0.351. The Morgan fingerprint density at radius 3 is 2.15 bits per heavy atom. The fraction of sp³-hybridized carbons (Fsp3) is 0.400. The summed E-state index contributed by atoms with van der Waals surface area (Å²) in [6.07, 6.45) is -5.76. The Hall–Kier alpha value is -0.0200. The molecule has 0 aliphatic rings. The van der Waals surface area contributed by atoms with E-state index in [1.54, 1.807) is 0 Å². The molecule has 1 aromatic rings. The van der Waals surface area contributed by atoms with E-state index in [9.17, 15) is 21.6 Å². The monoisotopic (exact) mass is 413 g/mol. The zero-order valence-corrected chi connectivity index (χ0v) is 13.7. The summed E-state index contributed by atoms with van der Waals surface area (Å²) in [6, 6.07) is 2.66. The van der Waals surface area contributed by atoms with Crippen LogP contribution in [0.4, 0.5) is 13.2 Å². The minimum Gasteiger partial charge on any atom is -0.211 e. The normalized spacial score (nSPS) is 12.7. The van der Waals surface area contributed by atoms with Crippen molar-refractivity contribution in [2.75, 3.05) is 6.54 Å². The van der Waals surface area contributed by atoms with Crippen LogP contribution in [0.3, 0.4) is 0 Å². The molecule has 0 unspecified atom stereocenters. The molecule has 0 amide bonds. The lowest BCUT2D eigenvalue weighted by Crippen LogP contribution is -2.26. The average Bonchev–Trinajstić information content (AvgIpc) is 2.21. The number of nitrogens with one attached hydrogen (secondary N) is 1. The van der Waals surface area contributed by atoms with Crippen molar-refractivity contribution in [2.45, 2.75) is 23.9 Å². The number of rotatable bonds is 5. The highest BCUT2D eigenvalue weighted by Gasteiger charge is 2.27. The molecule has 1 N–H and O–H groups in total. The molecule has 0 saturated heterocycles. The smallest absolute Gasteiger partial charge is 0.211 e. The number of hydrogen-bond donors (Lipinski definition) is 1. The fourth-order valence-electron chi connectivity index (χ4n) is 1.35. The van der Waals surface area contributed by atoms with Gasteiger partial charge >= 0.3 is 6.18 Å². The van der Waals surface area contributed by atoms with Gasteiger partial charge < -0.3 is 0 Å². The summed E-state index contributed by atoms with van der Waals surface area (Å²) in [5, 5.41) is -0.236. The molecular formula is C10H9BrCl2F3NO2S. The van der Waals surface area contributed by atoms with Crippen LogP contribution < -0.4 is 4.72 Å². The van der Waals surface area contributed by atoms with Crippen LogP contribution in [0, 0.1) is 0 Å². The Bertz CT molecular complexity index is 570. The summed E-state index contributed by atoms with van der Waals surface area (Å²) < 4.78 is 62.2. The van der Waals surface area contributed by atoms with E-state index in [1.807, 2.05) is 4.72 Å². The largest absolute Gasteiger partial charge is 0.389 e. The predicted octanol–water partition coefficient (Wildman–Crippen LogP) is 4.38. The minimum absolute atomic E-state index is 0.118. The summed E-state index contributed by atoms with van der Waals surface area (Å²) in [5.74, 6) is 0. The van der Waals surface area contributed by atoms with Crippen molar-refractivity contribution in [1.29, 1.82) is 0 Å². The van der Waals surface area contributed by atoms with Gasteiger partial charge in [0, 0.05) is 17.4 Å². The van der Waals surface area contributed by atoms with Crippen LogP contribution in [0.2, 0.25) is 10.0 Å². The maximum absolute atomic E-state index is 11.9. The lowest BCUT2D eigenvalue weighted by Gasteiger charge is -2.11. The summed E-state index contributed by atoms with van der Waals surface area (Å²) >= 11 is 14.7. The Kier molecular flexibility index (Phi) is 6.15. The Morgan fingerprint density at radius 1 is 1.20 bits per heavy atom. The van der Waals surface area contributed by atoms with Crippen LogP contribution in [0.1, 0.15) is 12.8 Å². The van der Waals surface area contributed by atoms with Gasteiger partial charge in [-0.1, -0.05) is 39.1 Å². The van der Waals surface area contributed by atoms with Crippen molar-refractivity contribution in [2.24, 2.45) is 0 Å². The number of alkyl halides is 3. The quantitative estimate of drug-likeness (QED) is 0.727. The van der Waals surface area contributed by atoms with Gasteiger partial charge in [0.1, 0.15) is 4.90 Å².